The molecule has 0 aromatic carbocycles. The van der Waals surface area contributed by atoms with E-state index in [0.717, 1.165) is 32.5 Å². The normalized spacial score (nSPS) is 32.5. The highest BCUT2D eigenvalue weighted by molar-refractivity contribution is 5.79. The molecule has 0 saturated carbocycles. The van der Waals surface area contributed by atoms with E-state index in [1.807, 2.05) is 4.90 Å². The molecule has 0 spiro atoms. The lowest BCUT2D eigenvalue weighted by atomic mass is 9.89. The molecule has 2 aliphatic rings. The Morgan fingerprint density at radius 1 is 1.53 bits per heavy atom. The van der Waals surface area contributed by atoms with Crippen molar-refractivity contribution in [1.82, 2.24) is 10.2 Å². The summed E-state index contributed by atoms with van der Waals surface area (Å²) in [5.74, 6) is 0.835. The first kappa shape index (κ1) is 10.9. The summed E-state index contributed by atoms with van der Waals surface area (Å²) in [5, 5.41) is 12.2. The monoisotopic (exact) mass is 212 g/mol. The topological polar surface area (TPSA) is 52.6 Å². The Balaban J connectivity index is 1.81. The van der Waals surface area contributed by atoms with Crippen molar-refractivity contribution in [2.45, 2.75) is 25.8 Å². The van der Waals surface area contributed by atoms with Crippen molar-refractivity contribution in [2.24, 2.45) is 11.8 Å². The lowest BCUT2D eigenvalue weighted by molar-refractivity contribution is -0.144. The molecule has 0 bridgehead atoms. The minimum atomic E-state index is 0.209. The molecule has 2 saturated heterocycles. The van der Waals surface area contributed by atoms with Crippen LogP contribution < -0.4 is 5.32 Å². The molecule has 2 rings (SSSR count). The van der Waals surface area contributed by atoms with Crippen LogP contribution in [0, 0.1) is 11.8 Å². The highest BCUT2D eigenvalue weighted by Gasteiger charge is 2.35. The first-order valence-electron chi connectivity index (χ1n) is 5.83. The summed E-state index contributed by atoms with van der Waals surface area (Å²) < 4.78 is 0. The summed E-state index contributed by atoms with van der Waals surface area (Å²) in [5.41, 5.74) is 0. The number of aliphatic hydroxyl groups excluding tert-OH is 1. The molecule has 15 heavy (non-hydrogen) atoms. The minimum Gasteiger partial charge on any atom is -0.396 e. The van der Waals surface area contributed by atoms with Crippen LogP contribution in [-0.4, -0.2) is 48.2 Å². The number of piperidine rings is 1. The lowest BCUT2D eigenvalue weighted by Crippen LogP contribution is -2.54. The van der Waals surface area contributed by atoms with Crippen molar-refractivity contribution >= 4 is 5.91 Å². The van der Waals surface area contributed by atoms with E-state index in [9.17, 15) is 4.79 Å². The van der Waals surface area contributed by atoms with Crippen molar-refractivity contribution < 1.29 is 9.90 Å². The highest BCUT2D eigenvalue weighted by Crippen LogP contribution is 2.23. The van der Waals surface area contributed by atoms with Crippen LogP contribution in [0.3, 0.4) is 0 Å². The highest BCUT2D eigenvalue weighted by atomic mass is 16.3. The Labute approximate surface area is 90.6 Å². The third kappa shape index (κ3) is 2.32. The van der Waals surface area contributed by atoms with E-state index in [0.29, 0.717) is 17.9 Å². The van der Waals surface area contributed by atoms with Gasteiger partial charge in [-0.1, -0.05) is 0 Å². The van der Waals surface area contributed by atoms with E-state index in [1.54, 1.807) is 0 Å². The van der Waals surface area contributed by atoms with Gasteiger partial charge >= 0.3 is 0 Å². The molecule has 4 nitrogen and oxygen atoms in total. The van der Waals surface area contributed by atoms with Gasteiger partial charge in [0.15, 0.2) is 0 Å². The molecule has 86 valence electrons. The van der Waals surface area contributed by atoms with Crippen LogP contribution in [0.15, 0.2) is 0 Å². The molecular weight excluding hydrogens is 192 g/mol. The maximum atomic E-state index is 12.0. The Bertz CT molecular complexity index is 239. The van der Waals surface area contributed by atoms with Gasteiger partial charge in [0.05, 0.1) is 0 Å². The molecule has 0 aromatic rings. The van der Waals surface area contributed by atoms with Gasteiger partial charge in [-0.05, 0) is 26.3 Å². The summed E-state index contributed by atoms with van der Waals surface area (Å²) >= 11 is 0. The zero-order chi connectivity index (χ0) is 10.8. The molecule has 2 N–H and O–H groups in total. The second kappa shape index (κ2) is 4.49. The molecule has 0 aliphatic carbocycles. The Kier molecular flexibility index (Phi) is 3.26. The van der Waals surface area contributed by atoms with Gasteiger partial charge in [0.2, 0.25) is 5.91 Å². The molecule has 2 fully saturated rings. The predicted octanol–water partition coefficient (Wildman–Crippen LogP) is -0.175. The molecular formula is C11H20N2O2. The molecule has 0 aromatic heterocycles. The van der Waals surface area contributed by atoms with Crippen LogP contribution in [0.4, 0.5) is 0 Å². The number of hydrogen-bond acceptors (Lipinski definition) is 3. The largest absolute Gasteiger partial charge is 0.396 e. The van der Waals surface area contributed by atoms with Crippen LogP contribution in [0.5, 0.6) is 0 Å². The molecule has 0 radical (unpaired) electrons. The number of likely N-dealkylation sites (tertiary alicyclic amines) is 1. The van der Waals surface area contributed by atoms with Crippen LogP contribution in [-0.2, 0) is 4.79 Å². The number of aliphatic hydroxyl groups is 1. The Morgan fingerprint density at radius 2 is 2.27 bits per heavy atom. The fraction of sp³-hybridized carbons (Fsp3) is 0.909. The standard InChI is InChI=1S/C11H20N2O2/c1-8-4-10(2-3-12-8)11(15)13-5-9(6-13)7-14/h8-10,12,14H,2-7H2,1H3. The van der Waals surface area contributed by atoms with Gasteiger partial charge in [-0.25, -0.2) is 0 Å². The lowest BCUT2D eigenvalue weighted by Gasteiger charge is -2.41. The van der Waals surface area contributed by atoms with Gasteiger partial charge in [0.25, 0.3) is 0 Å². The average molecular weight is 212 g/mol. The van der Waals surface area contributed by atoms with Crippen LogP contribution >= 0.6 is 0 Å². The number of nitrogens with zero attached hydrogens (tertiary/aromatic N) is 1. The Hall–Kier alpha value is -0.610. The quantitative estimate of drug-likeness (QED) is 0.668. The van der Waals surface area contributed by atoms with Crippen LogP contribution in [0.2, 0.25) is 0 Å². The zero-order valence-corrected chi connectivity index (χ0v) is 9.28. The van der Waals surface area contributed by atoms with Gasteiger partial charge in [-0.3, -0.25) is 4.79 Å². The SMILES string of the molecule is CC1CC(C(=O)N2CC(CO)C2)CCN1. The van der Waals surface area contributed by atoms with E-state index in [-0.39, 0.29) is 12.5 Å². The summed E-state index contributed by atoms with van der Waals surface area (Å²) in [6, 6.07) is 0.461. The molecule has 2 aliphatic heterocycles. The zero-order valence-electron chi connectivity index (χ0n) is 9.28. The second-order valence-corrected chi connectivity index (χ2v) is 4.87. The first-order valence-corrected chi connectivity index (χ1v) is 5.83. The number of rotatable bonds is 2. The molecule has 1 amide bonds. The van der Waals surface area contributed by atoms with E-state index in [2.05, 4.69) is 12.2 Å². The summed E-state index contributed by atoms with van der Waals surface area (Å²) in [6.45, 7) is 4.81. The number of carbonyl (C=O) groups is 1. The fourth-order valence-corrected chi connectivity index (χ4v) is 2.48. The molecule has 2 unspecified atom stereocenters. The van der Waals surface area contributed by atoms with Gasteiger partial charge in [-0.2, -0.15) is 0 Å². The van der Waals surface area contributed by atoms with Gasteiger partial charge in [-0.15, -0.1) is 0 Å². The van der Waals surface area contributed by atoms with Crippen molar-refractivity contribution in [3.05, 3.63) is 0 Å². The van der Waals surface area contributed by atoms with E-state index >= 15 is 0 Å². The van der Waals surface area contributed by atoms with Crippen molar-refractivity contribution in [3.63, 3.8) is 0 Å². The average Bonchev–Trinajstić information content (AvgIpc) is 2.16. The van der Waals surface area contributed by atoms with Gasteiger partial charge in [0.1, 0.15) is 0 Å². The minimum absolute atomic E-state index is 0.209. The third-order valence-electron chi connectivity index (χ3n) is 3.50. The van der Waals surface area contributed by atoms with E-state index in [1.165, 1.54) is 0 Å². The smallest absolute Gasteiger partial charge is 0.225 e. The van der Waals surface area contributed by atoms with Crippen LogP contribution in [0.1, 0.15) is 19.8 Å². The van der Waals surface area contributed by atoms with Crippen molar-refractivity contribution in [3.8, 4) is 0 Å². The number of carbonyl (C=O) groups excluding carboxylic acids is 1. The van der Waals surface area contributed by atoms with Gasteiger partial charge in [0, 0.05) is 37.6 Å². The summed E-state index contributed by atoms with van der Waals surface area (Å²) in [4.78, 5) is 13.9. The maximum absolute atomic E-state index is 12.0. The fourth-order valence-electron chi connectivity index (χ4n) is 2.48. The summed E-state index contributed by atoms with van der Waals surface area (Å²) in [7, 11) is 0. The van der Waals surface area contributed by atoms with E-state index < -0.39 is 0 Å². The molecule has 2 heterocycles. The number of nitrogens with one attached hydrogen (secondary N) is 1. The predicted molar refractivity (Wildman–Crippen MR) is 57.3 cm³/mol. The second-order valence-electron chi connectivity index (χ2n) is 4.87. The van der Waals surface area contributed by atoms with Gasteiger partial charge < -0.3 is 15.3 Å². The number of amides is 1. The number of hydrogen-bond donors (Lipinski definition) is 2. The maximum Gasteiger partial charge on any atom is 0.225 e. The van der Waals surface area contributed by atoms with Crippen LogP contribution in [0.25, 0.3) is 0 Å². The van der Waals surface area contributed by atoms with Crippen molar-refractivity contribution in [2.75, 3.05) is 26.2 Å². The Morgan fingerprint density at radius 3 is 2.87 bits per heavy atom. The third-order valence-corrected chi connectivity index (χ3v) is 3.50. The first-order chi connectivity index (χ1) is 7.20. The van der Waals surface area contributed by atoms with E-state index in [4.69, 9.17) is 5.11 Å². The van der Waals surface area contributed by atoms with Crippen molar-refractivity contribution in [1.29, 1.82) is 0 Å². The molecule has 2 atom stereocenters. The summed E-state index contributed by atoms with van der Waals surface area (Å²) in [6.07, 6.45) is 1.92. The molecule has 4 heteroatoms.